The van der Waals surface area contributed by atoms with Crippen LogP contribution in [0.1, 0.15) is 32.6 Å². The van der Waals surface area contributed by atoms with E-state index in [0.717, 1.165) is 32.3 Å². The van der Waals surface area contributed by atoms with Gasteiger partial charge in [-0.15, -0.1) is 0 Å². The predicted molar refractivity (Wildman–Crippen MR) is 65.9 cm³/mol. The van der Waals surface area contributed by atoms with Gasteiger partial charge in [0, 0.05) is 26.2 Å². The van der Waals surface area contributed by atoms with Crippen LogP contribution in [-0.2, 0) is 14.9 Å². The van der Waals surface area contributed by atoms with Crippen LogP contribution in [0, 0.1) is 5.92 Å². The van der Waals surface area contributed by atoms with Crippen LogP contribution in [0.25, 0.3) is 0 Å². The van der Waals surface area contributed by atoms with Gasteiger partial charge in [0.05, 0.1) is 6.10 Å². The van der Waals surface area contributed by atoms with E-state index in [0.29, 0.717) is 25.6 Å². The third-order valence-electron chi connectivity index (χ3n) is 3.48. The number of rotatable bonds is 4. The fraction of sp³-hybridized carbons (Fsp3) is 1.00. The van der Waals surface area contributed by atoms with Gasteiger partial charge in [0.15, 0.2) is 0 Å². The number of hydrogen-bond acceptors (Lipinski definition) is 3. The molecule has 1 N–H and O–H groups in total. The molecule has 0 bridgehead atoms. The van der Waals surface area contributed by atoms with E-state index in [1.54, 1.807) is 4.31 Å². The second-order valence-electron chi connectivity index (χ2n) is 5.09. The van der Waals surface area contributed by atoms with Crippen molar-refractivity contribution in [2.24, 2.45) is 5.92 Å². The van der Waals surface area contributed by atoms with Gasteiger partial charge in [0.2, 0.25) is 0 Å². The molecule has 0 radical (unpaired) electrons. The van der Waals surface area contributed by atoms with Crippen LogP contribution in [0.4, 0.5) is 0 Å². The van der Waals surface area contributed by atoms with Crippen LogP contribution >= 0.6 is 0 Å². The topological polar surface area (TPSA) is 58.6 Å². The van der Waals surface area contributed by atoms with Crippen LogP contribution < -0.4 is 4.72 Å². The summed E-state index contributed by atoms with van der Waals surface area (Å²) in [5.74, 6) is 0.461. The molecule has 0 unspecified atom stereocenters. The van der Waals surface area contributed by atoms with E-state index in [-0.39, 0.29) is 6.10 Å². The number of hydrogen-bond donors (Lipinski definition) is 1. The monoisotopic (exact) mass is 262 g/mol. The highest BCUT2D eigenvalue weighted by Crippen LogP contribution is 2.18. The summed E-state index contributed by atoms with van der Waals surface area (Å²) in [7, 11) is -3.30. The molecule has 0 aliphatic carbocycles. The minimum absolute atomic E-state index is 0.0620. The molecule has 100 valence electrons. The predicted octanol–water partition coefficient (Wildman–Crippen LogP) is 0.732. The molecule has 2 heterocycles. The second-order valence-corrected chi connectivity index (χ2v) is 6.85. The summed E-state index contributed by atoms with van der Waals surface area (Å²) < 4.78 is 33.7. The van der Waals surface area contributed by atoms with E-state index in [4.69, 9.17) is 4.74 Å². The molecule has 2 rings (SSSR count). The smallest absolute Gasteiger partial charge is 0.279 e. The molecular formula is C11H22N2O3S. The average molecular weight is 262 g/mol. The van der Waals surface area contributed by atoms with Crippen molar-refractivity contribution >= 4 is 10.2 Å². The Balaban J connectivity index is 1.84. The summed E-state index contributed by atoms with van der Waals surface area (Å²) in [5, 5.41) is 0. The molecule has 2 aliphatic rings. The summed E-state index contributed by atoms with van der Waals surface area (Å²) in [6, 6.07) is 0. The van der Waals surface area contributed by atoms with Gasteiger partial charge < -0.3 is 4.74 Å². The van der Waals surface area contributed by atoms with Crippen molar-refractivity contribution < 1.29 is 13.2 Å². The normalized spacial score (nSPS) is 31.8. The molecule has 0 aromatic rings. The molecule has 17 heavy (non-hydrogen) atoms. The first kappa shape index (κ1) is 13.3. The van der Waals surface area contributed by atoms with Crippen LogP contribution in [0.3, 0.4) is 0 Å². The fourth-order valence-electron chi connectivity index (χ4n) is 2.46. The molecule has 0 spiro atoms. The minimum atomic E-state index is -3.30. The van der Waals surface area contributed by atoms with Crippen LogP contribution in [0.15, 0.2) is 0 Å². The molecule has 2 atom stereocenters. The Morgan fingerprint density at radius 1 is 1.35 bits per heavy atom. The maximum Gasteiger partial charge on any atom is 0.279 e. The fourth-order valence-corrected chi connectivity index (χ4v) is 3.86. The van der Waals surface area contributed by atoms with E-state index in [9.17, 15) is 8.42 Å². The zero-order valence-electron chi connectivity index (χ0n) is 10.4. The lowest BCUT2D eigenvalue weighted by Crippen LogP contribution is -2.47. The van der Waals surface area contributed by atoms with E-state index in [1.165, 1.54) is 0 Å². The van der Waals surface area contributed by atoms with Crippen molar-refractivity contribution in [3.63, 3.8) is 0 Å². The van der Waals surface area contributed by atoms with Gasteiger partial charge in [0.1, 0.15) is 0 Å². The lowest BCUT2D eigenvalue weighted by Gasteiger charge is -2.30. The molecule has 2 saturated heterocycles. The molecule has 6 heteroatoms. The number of piperidine rings is 1. The number of ether oxygens (including phenoxy) is 1. The summed E-state index contributed by atoms with van der Waals surface area (Å²) in [5.41, 5.74) is 0. The van der Waals surface area contributed by atoms with Gasteiger partial charge >= 0.3 is 0 Å². The summed E-state index contributed by atoms with van der Waals surface area (Å²) in [4.78, 5) is 0. The van der Waals surface area contributed by atoms with Gasteiger partial charge in [-0.1, -0.05) is 6.92 Å². The van der Waals surface area contributed by atoms with Crippen molar-refractivity contribution in [1.29, 1.82) is 0 Å². The highest BCUT2D eigenvalue weighted by atomic mass is 32.2. The van der Waals surface area contributed by atoms with Gasteiger partial charge in [-0.2, -0.15) is 17.4 Å². The van der Waals surface area contributed by atoms with E-state index in [1.807, 2.05) is 0 Å². The Hall–Kier alpha value is -0.170. The summed E-state index contributed by atoms with van der Waals surface area (Å²) >= 11 is 0. The van der Waals surface area contributed by atoms with E-state index >= 15 is 0 Å². The van der Waals surface area contributed by atoms with Gasteiger partial charge in [-0.05, 0) is 31.6 Å². The standard InChI is InChI=1S/C11H22N2O3S/c1-10-4-2-6-13(9-10)17(14,15)12-8-11-5-3-7-16-11/h10-12H,2-9H2,1H3/t10-,11+/m0/s1. The zero-order valence-corrected chi connectivity index (χ0v) is 11.2. The van der Waals surface area contributed by atoms with Crippen LogP contribution in [0.2, 0.25) is 0 Å². The van der Waals surface area contributed by atoms with Crippen LogP contribution in [0.5, 0.6) is 0 Å². The molecule has 0 aromatic carbocycles. The highest BCUT2D eigenvalue weighted by molar-refractivity contribution is 7.87. The Bertz CT molecular complexity index is 339. The molecule has 0 saturated carbocycles. The summed E-state index contributed by atoms with van der Waals surface area (Å²) in [6.45, 7) is 4.55. The minimum Gasteiger partial charge on any atom is -0.377 e. The number of nitrogens with one attached hydrogen (secondary N) is 1. The average Bonchev–Trinajstić information content (AvgIpc) is 2.79. The molecule has 2 fully saturated rings. The first-order valence-corrected chi connectivity index (χ1v) is 7.88. The zero-order chi connectivity index (χ0) is 12.3. The van der Waals surface area contributed by atoms with Crippen LogP contribution in [-0.4, -0.2) is 45.1 Å². The first-order chi connectivity index (χ1) is 8.08. The SMILES string of the molecule is C[C@H]1CCCN(S(=O)(=O)NC[C@H]2CCCO2)C1. The Morgan fingerprint density at radius 3 is 2.82 bits per heavy atom. The third kappa shape index (κ3) is 3.64. The molecule has 5 nitrogen and oxygen atoms in total. The van der Waals surface area contributed by atoms with Gasteiger partial charge in [-0.25, -0.2) is 0 Å². The molecule has 0 aromatic heterocycles. The summed E-state index contributed by atoms with van der Waals surface area (Å²) in [6.07, 6.45) is 4.14. The Morgan fingerprint density at radius 2 is 2.18 bits per heavy atom. The third-order valence-corrected chi connectivity index (χ3v) is 5.02. The quantitative estimate of drug-likeness (QED) is 0.812. The van der Waals surface area contributed by atoms with Crippen molar-refractivity contribution in [3.05, 3.63) is 0 Å². The first-order valence-electron chi connectivity index (χ1n) is 6.44. The van der Waals surface area contributed by atoms with Gasteiger partial charge in [0.25, 0.3) is 10.2 Å². The Labute approximate surface area is 104 Å². The lowest BCUT2D eigenvalue weighted by atomic mass is 10.0. The van der Waals surface area contributed by atoms with E-state index in [2.05, 4.69) is 11.6 Å². The van der Waals surface area contributed by atoms with Crippen molar-refractivity contribution in [2.75, 3.05) is 26.2 Å². The molecule has 2 aliphatic heterocycles. The highest BCUT2D eigenvalue weighted by Gasteiger charge is 2.28. The van der Waals surface area contributed by atoms with Crippen molar-refractivity contribution in [3.8, 4) is 0 Å². The largest absolute Gasteiger partial charge is 0.377 e. The van der Waals surface area contributed by atoms with Crippen molar-refractivity contribution in [2.45, 2.75) is 38.7 Å². The van der Waals surface area contributed by atoms with Gasteiger partial charge in [-0.3, -0.25) is 0 Å². The molecular weight excluding hydrogens is 240 g/mol. The van der Waals surface area contributed by atoms with Crippen molar-refractivity contribution in [1.82, 2.24) is 9.03 Å². The maximum absolute atomic E-state index is 12.0. The molecule has 0 amide bonds. The van der Waals surface area contributed by atoms with E-state index < -0.39 is 10.2 Å². The maximum atomic E-state index is 12.0. The Kier molecular flexibility index (Phi) is 4.41. The second kappa shape index (κ2) is 5.65. The number of nitrogens with zero attached hydrogens (tertiary/aromatic N) is 1. The lowest BCUT2D eigenvalue weighted by molar-refractivity contribution is 0.114.